The highest BCUT2D eigenvalue weighted by Crippen LogP contribution is 2.14. The Balaban J connectivity index is 2.62. The maximum absolute atomic E-state index is 5.18. The molecule has 67 valence electrons. The van der Waals surface area contributed by atoms with Crippen molar-refractivity contribution in [1.82, 2.24) is 0 Å². The van der Waals surface area contributed by atoms with Crippen LogP contribution in [0.25, 0.3) is 0 Å². The second kappa shape index (κ2) is 4.72. The molecule has 0 saturated heterocycles. The van der Waals surface area contributed by atoms with Crippen molar-refractivity contribution in [3.05, 3.63) is 41.3 Å². The number of aryl methyl sites for hydroxylation is 2. The quantitative estimate of drug-likeness (QED) is 0.483. The fraction of sp³-hybridized carbons (Fsp3) is 0.308. The van der Waals surface area contributed by atoms with Gasteiger partial charge in [-0.15, -0.1) is 12.3 Å². The maximum atomic E-state index is 5.18. The molecule has 0 heteroatoms. The molecule has 0 atom stereocenters. The highest BCUT2D eigenvalue weighted by atomic mass is 14.0. The van der Waals surface area contributed by atoms with Crippen LogP contribution in [-0.4, -0.2) is 0 Å². The Kier molecular flexibility index (Phi) is 3.58. The number of benzene rings is 1. The van der Waals surface area contributed by atoms with Crippen LogP contribution in [0, 0.1) is 32.6 Å². The summed E-state index contributed by atoms with van der Waals surface area (Å²) in [6, 6.07) is 6.48. The van der Waals surface area contributed by atoms with Gasteiger partial charge < -0.3 is 0 Å². The van der Waals surface area contributed by atoms with Gasteiger partial charge in [0.05, 0.1) is 0 Å². The summed E-state index contributed by atoms with van der Waals surface area (Å²) in [7, 11) is 0. The summed E-state index contributed by atoms with van der Waals surface area (Å²) in [5, 5.41) is 0. The van der Waals surface area contributed by atoms with E-state index in [4.69, 9.17) is 6.42 Å². The molecule has 13 heavy (non-hydrogen) atoms. The molecule has 1 radical (unpaired) electrons. The van der Waals surface area contributed by atoms with Crippen LogP contribution >= 0.6 is 0 Å². The van der Waals surface area contributed by atoms with Crippen LogP contribution in [0.1, 0.15) is 29.5 Å². The molecule has 0 bridgehead atoms. The SMILES string of the molecule is C#CCC[CH]c1ccc(C)cc1C. The summed E-state index contributed by atoms with van der Waals surface area (Å²) >= 11 is 0. The Morgan fingerprint density at radius 2 is 2.15 bits per heavy atom. The number of hydrogen-bond donors (Lipinski definition) is 0. The first-order valence-electron chi connectivity index (χ1n) is 4.58. The van der Waals surface area contributed by atoms with Crippen LogP contribution in [0.2, 0.25) is 0 Å². The van der Waals surface area contributed by atoms with E-state index < -0.39 is 0 Å². The van der Waals surface area contributed by atoms with Gasteiger partial charge in [0.2, 0.25) is 0 Å². The lowest BCUT2D eigenvalue weighted by atomic mass is 10.0. The topological polar surface area (TPSA) is 0 Å². The van der Waals surface area contributed by atoms with E-state index in [1.807, 2.05) is 0 Å². The number of terminal acetylenes is 1. The third-order valence-electron chi connectivity index (χ3n) is 2.08. The minimum atomic E-state index is 0.827. The third-order valence-corrected chi connectivity index (χ3v) is 2.08. The van der Waals surface area contributed by atoms with Gasteiger partial charge >= 0.3 is 0 Å². The molecule has 1 aromatic carbocycles. The number of rotatable bonds is 3. The van der Waals surface area contributed by atoms with Crippen molar-refractivity contribution in [2.24, 2.45) is 0 Å². The van der Waals surface area contributed by atoms with Crippen LogP contribution < -0.4 is 0 Å². The van der Waals surface area contributed by atoms with E-state index in [1.165, 1.54) is 16.7 Å². The lowest BCUT2D eigenvalue weighted by Gasteiger charge is -2.04. The molecule has 0 heterocycles. The fourth-order valence-corrected chi connectivity index (χ4v) is 1.37. The lowest BCUT2D eigenvalue weighted by molar-refractivity contribution is 1.01. The van der Waals surface area contributed by atoms with Crippen LogP contribution in [0.3, 0.4) is 0 Å². The predicted molar refractivity (Wildman–Crippen MR) is 57.4 cm³/mol. The standard InChI is InChI=1S/C13H15/c1-4-5-6-7-13-9-8-11(2)10-12(13)3/h1,7-10H,5-6H2,2-3H3. The zero-order valence-corrected chi connectivity index (χ0v) is 8.30. The van der Waals surface area contributed by atoms with E-state index in [9.17, 15) is 0 Å². The molecule has 0 N–H and O–H groups in total. The van der Waals surface area contributed by atoms with E-state index >= 15 is 0 Å². The summed E-state index contributed by atoms with van der Waals surface area (Å²) in [5.74, 6) is 2.64. The molecule has 0 spiro atoms. The van der Waals surface area contributed by atoms with Crippen molar-refractivity contribution >= 4 is 0 Å². The molecule has 1 rings (SSSR count). The van der Waals surface area contributed by atoms with Crippen molar-refractivity contribution in [3.63, 3.8) is 0 Å². The van der Waals surface area contributed by atoms with Gasteiger partial charge in [0.25, 0.3) is 0 Å². The highest BCUT2D eigenvalue weighted by Gasteiger charge is 1.97. The molecule has 0 amide bonds. The zero-order valence-electron chi connectivity index (χ0n) is 8.30. The molecule has 0 aliphatic rings. The van der Waals surface area contributed by atoms with Crippen LogP contribution in [-0.2, 0) is 0 Å². The highest BCUT2D eigenvalue weighted by molar-refractivity contribution is 5.35. The molecule has 0 unspecified atom stereocenters. The average Bonchev–Trinajstić information content (AvgIpc) is 2.09. The minimum Gasteiger partial charge on any atom is -0.120 e. The predicted octanol–water partition coefficient (Wildman–Crippen LogP) is 3.27. The van der Waals surface area contributed by atoms with Crippen molar-refractivity contribution in [2.45, 2.75) is 26.7 Å². The molecular formula is C13H15. The first-order chi connectivity index (χ1) is 6.24. The van der Waals surface area contributed by atoms with Gasteiger partial charge in [0.1, 0.15) is 0 Å². The van der Waals surface area contributed by atoms with Crippen LogP contribution in [0.5, 0.6) is 0 Å². The van der Waals surface area contributed by atoms with Gasteiger partial charge in [-0.1, -0.05) is 23.8 Å². The summed E-state index contributed by atoms with van der Waals surface area (Å²) in [5.41, 5.74) is 3.95. The Morgan fingerprint density at radius 3 is 2.77 bits per heavy atom. The van der Waals surface area contributed by atoms with E-state index in [0.29, 0.717) is 0 Å². The molecular weight excluding hydrogens is 156 g/mol. The zero-order chi connectivity index (χ0) is 9.68. The number of unbranched alkanes of at least 4 members (excludes halogenated alkanes) is 1. The molecule has 0 saturated carbocycles. The Labute approximate surface area is 81.0 Å². The normalized spacial score (nSPS) is 9.62. The molecule has 0 fully saturated rings. The lowest BCUT2D eigenvalue weighted by Crippen LogP contribution is -1.87. The van der Waals surface area contributed by atoms with Gasteiger partial charge in [0.15, 0.2) is 0 Å². The number of hydrogen-bond acceptors (Lipinski definition) is 0. The second-order valence-electron chi connectivity index (χ2n) is 3.31. The largest absolute Gasteiger partial charge is 0.120 e. The van der Waals surface area contributed by atoms with E-state index in [2.05, 4.69) is 44.4 Å². The van der Waals surface area contributed by atoms with Gasteiger partial charge in [-0.2, -0.15) is 0 Å². The van der Waals surface area contributed by atoms with E-state index in [-0.39, 0.29) is 0 Å². The van der Waals surface area contributed by atoms with Gasteiger partial charge in [-0.05, 0) is 37.8 Å². The smallest absolute Gasteiger partial charge is 0.00921 e. The molecule has 0 nitrogen and oxygen atoms in total. The molecule has 0 aliphatic heterocycles. The van der Waals surface area contributed by atoms with Gasteiger partial charge in [0, 0.05) is 6.42 Å². The summed E-state index contributed by atoms with van der Waals surface area (Å²) in [4.78, 5) is 0. The average molecular weight is 171 g/mol. The fourth-order valence-electron chi connectivity index (χ4n) is 1.37. The van der Waals surface area contributed by atoms with E-state index in [1.54, 1.807) is 0 Å². The van der Waals surface area contributed by atoms with Crippen molar-refractivity contribution in [1.29, 1.82) is 0 Å². The third kappa shape index (κ3) is 2.95. The molecule has 0 aromatic heterocycles. The van der Waals surface area contributed by atoms with Crippen LogP contribution in [0.4, 0.5) is 0 Å². The second-order valence-corrected chi connectivity index (χ2v) is 3.31. The summed E-state index contributed by atoms with van der Waals surface area (Å²) in [6.45, 7) is 4.24. The van der Waals surface area contributed by atoms with Crippen molar-refractivity contribution in [3.8, 4) is 12.3 Å². The Morgan fingerprint density at radius 1 is 1.38 bits per heavy atom. The first kappa shape index (κ1) is 9.86. The van der Waals surface area contributed by atoms with Crippen LogP contribution in [0.15, 0.2) is 18.2 Å². The maximum Gasteiger partial charge on any atom is 0.00921 e. The Bertz CT molecular complexity index is 315. The molecule has 0 aliphatic carbocycles. The van der Waals surface area contributed by atoms with Gasteiger partial charge in [-0.25, -0.2) is 0 Å². The Hall–Kier alpha value is -1.22. The monoisotopic (exact) mass is 171 g/mol. The van der Waals surface area contributed by atoms with Crippen molar-refractivity contribution in [2.75, 3.05) is 0 Å². The summed E-state index contributed by atoms with van der Waals surface area (Å²) in [6.07, 6.45) is 9.19. The summed E-state index contributed by atoms with van der Waals surface area (Å²) < 4.78 is 0. The molecule has 1 aromatic rings. The van der Waals surface area contributed by atoms with Gasteiger partial charge in [-0.3, -0.25) is 0 Å². The van der Waals surface area contributed by atoms with E-state index in [0.717, 1.165) is 12.8 Å². The minimum absolute atomic E-state index is 0.827. The first-order valence-corrected chi connectivity index (χ1v) is 4.58. The van der Waals surface area contributed by atoms with Crippen molar-refractivity contribution < 1.29 is 0 Å².